The normalized spacial score (nSPS) is 11.3. The molecule has 0 aliphatic carbocycles. The number of hydrogen-bond acceptors (Lipinski definition) is 3. The first-order valence-corrected chi connectivity index (χ1v) is 4.81. The molecule has 4 nitrogen and oxygen atoms in total. The van der Waals surface area contributed by atoms with Crippen molar-refractivity contribution in [3.63, 3.8) is 0 Å². The van der Waals surface area contributed by atoms with E-state index in [0.29, 0.717) is 16.7 Å². The molecule has 0 aliphatic rings. The number of hydrogen-bond donors (Lipinski definition) is 1. The minimum absolute atomic E-state index is 0.0435. The van der Waals surface area contributed by atoms with E-state index in [1.165, 1.54) is 0 Å². The molecule has 0 saturated heterocycles. The van der Waals surface area contributed by atoms with E-state index in [2.05, 4.69) is 0 Å². The average molecular weight is 208 g/mol. The van der Waals surface area contributed by atoms with Gasteiger partial charge in [-0.1, -0.05) is 6.07 Å². The Labute approximate surface area is 89.5 Å². The van der Waals surface area contributed by atoms with Gasteiger partial charge in [-0.15, -0.1) is 0 Å². The van der Waals surface area contributed by atoms with Gasteiger partial charge in [0.1, 0.15) is 5.69 Å². The number of nitrogens with two attached hydrogens (primary N) is 1. The van der Waals surface area contributed by atoms with Crippen molar-refractivity contribution in [1.82, 2.24) is 4.48 Å². The largest absolute Gasteiger partial charge is 0.550 e. The highest BCUT2D eigenvalue weighted by Gasteiger charge is 2.18. The summed E-state index contributed by atoms with van der Waals surface area (Å²) in [4.78, 5) is 10.4. The summed E-state index contributed by atoms with van der Waals surface area (Å²) < 4.78 is 0.485. The number of carboxylic acids is 1. The third-order valence-electron chi connectivity index (χ3n) is 2.44. The number of nitrogen functional groups attached to an aromatic ring is 1. The molecule has 0 spiro atoms. The first-order chi connectivity index (χ1) is 6.92. The smallest absolute Gasteiger partial charge is 0.134 e. The van der Waals surface area contributed by atoms with Gasteiger partial charge >= 0.3 is 0 Å². The Bertz CT molecular complexity index is 361. The third kappa shape index (κ3) is 3.25. The van der Waals surface area contributed by atoms with Gasteiger partial charge in [-0.2, -0.15) is 0 Å². The van der Waals surface area contributed by atoms with Crippen molar-refractivity contribution in [1.29, 1.82) is 0 Å². The van der Waals surface area contributed by atoms with Crippen molar-refractivity contribution in [3.8, 4) is 0 Å². The quantitative estimate of drug-likeness (QED) is 0.558. The van der Waals surface area contributed by atoms with Crippen molar-refractivity contribution >= 4 is 17.3 Å². The Morgan fingerprint density at radius 3 is 2.67 bits per heavy atom. The number of rotatable bonds is 4. The van der Waals surface area contributed by atoms with Crippen LogP contribution in [0.1, 0.15) is 6.42 Å². The maximum absolute atomic E-state index is 10.4. The molecule has 0 amide bonds. The SMILES string of the molecule is C[N+](C)(CCC(=O)[O-])c1cccc(N)c1. The van der Waals surface area contributed by atoms with Crippen LogP contribution in [0.5, 0.6) is 0 Å². The van der Waals surface area contributed by atoms with E-state index >= 15 is 0 Å². The minimum atomic E-state index is -1.02. The zero-order valence-corrected chi connectivity index (χ0v) is 9.06. The van der Waals surface area contributed by atoms with Gasteiger partial charge in [-0.3, -0.25) is 4.48 Å². The summed E-state index contributed by atoms with van der Waals surface area (Å²) in [5.74, 6) is -1.02. The van der Waals surface area contributed by atoms with Crippen LogP contribution in [0, 0.1) is 0 Å². The second-order valence-corrected chi connectivity index (χ2v) is 4.13. The number of carbonyl (C=O) groups is 1. The molecule has 0 fully saturated rings. The summed E-state index contributed by atoms with van der Waals surface area (Å²) in [7, 11) is 3.88. The molecule has 0 heterocycles. The number of benzene rings is 1. The molecule has 0 unspecified atom stereocenters. The number of carboxylic acid groups (broad SMARTS) is 1. The van der Waals surface area contributed by atoms with Crippen LogP contribution < -0.4 is 15.3 Å². The summed E-state index contributed by atoms with van der Waals surface area (Å²) in [5, 5.41) is 10.4. The second-order valence-electron chi connectivity index (χ2n) is 4.13. The Hall–Kier alpha value is -1.55. The maximum atomic E-state index is 10.4. The monoisotopic (exact) mass is 208 g/mol. The van der Waals surface area contributed by atoms with Crippen LogP contribution in [-0.2, 0) is 4.79 Å². The van der Waals surface area contributed by atoms with E-state index in [-0.39, 0.29) is 6.42 Å². The lowest BCUT2D eigenvalue weighted by molar-refractivity contribution is -0.305. The van der Waals surface area contributed by atoms with Crippen LogP contribution in [-0.4, -0.2) is 26.6 Å². The van der Waals surface area contributed by atoms with Crippen LogP contribution in [0.25, 0.3) is 0 Å². The molecule has 1 rings (SSSR count). The molecule has 0 aliphatic heterocycles. The molecule has 1 aromatic carbocycles. The molecular formula is C11H16N2O2. The van der Waals surface area contributed by atoms with Gasteiger partial charge in [-0.05, 0) is 12.1 Å². The minimum Gasteiger partial charge on any atom is -0.550 e. The fraction of sp³-hybridized carbons (Fsp3) is 0.364. The van der Waals surface area contributed by atoms with Crippen molar-refractivity contribution in [2.45, 2.75) is 6.42 Å². The fourth-order valence-electron chi connectivity index (χ4n) is 1.40. The van der Waals surface area contributed by atoms with Crippen molar-refractivity contribution < 1.29 is 9.90 Å². The standard InChI is InChI=1S/C11H16N2O2/c1-13(2,7-6-11(14)15)10-5-3-4-9(12)8-10/h3-5,8H,6-7,12H2,1-2H3. The van der Waals surface area contributed by atoms with Crippen molar-refractivity contribution in [2.24, 2.45) is 0 Å². The van der Waals surface area contributed by atoms with Crippen LogP contribution >= 0.6 is 0 Å². The zero-order valence-electron chi connectivity index (χ0n) is 9.06. The van der Waals surface area contributed by atoms with E-state index in [1.54, 1.807) is 0 Å². The predicted octanol–water partition coefficient (Wildman–Crippen LogP) is -0.0243. The zero-order chi connectivity index (χ0) is 11.5. The van der Waals surface area contributed by atoms with Crippen LogP contribution in [0.4, 0.5) is 11.4 Å². The number of anilines is 1. The number of nitrogens with zero attached hydrogens (tertiary/aromatic N) is 1. The molecule has 4 heteroatoms. The number of quaternary nitrogens is 1. The highest BCUT2D eigenvalue weighted by Crippen LogP contribution is 2.21. The van der Waals surface area contributed by atoms with Crippen LogP contribution in [0.15, 0.2) is 24.3 Å². The fourth-order valence-corrected chi connectivity index (χ4v) is 1.40. The van der Waals surface area contributed by atoms with Gasteiger partial charge in [0.05, 0.1) is 20.6 Å². The Balaban J connectivity index is 2.80. The summed E-state index contributed by atoms with van der Waals surface area (Å²) in [6, 6.07) is 7.47. The molecule has 0 bridgehead atoms. The molecule has 15 heavy (non-hydrogen) atoms. The topological polar surface area (TPSA) is 66.1 Å². The van der Waals surface area contributed by atoms with Gasteiger partial charge in [0.2, 0.25) is 0 Å². The van der Waals surface area contributed by atoms with Crippen molar-refractivity contribution in [2.75, 3.05) is 26.4 Å². The third-order valence-corrected chi connectivity index (χ3v) is 2.44. The lowest BCUT2D eigenvalue weighted by Gasteiger charge is -2.29. The average Bonchev–Trinajstić information content (AvgIpc) is 2.15. The summed E-state index contributed by atoms with van der Waals surface area (Å²) in [6.45, 7) is 0.492. The molecule has 82 valence electrons. The van der Waals surface area contributed by atoms with Gasteiger partial charge in [0, 0.05) is 24.1 Å². The molecule has 0 radical (unpaired) electrons. The van der Waals surface area contributed by atoms with Gasteiger partial charge in [0.15, 0.2) is 0 Å². The molecular weight excluding hydrogens is 192 g/mol. The Morgan fingerprint density at radius 1 is 1.47 bits per heavy atom. The summed E-state index contributed by atoms with van der Waals surface area (Å²) >= 11 is 0. The number of aliphatic carboxylic acids is 1. The van der Waals surface area contributed by atoms with Crippen LogP contribution in [0.2, 0.25) is 0 Å². The molecule has 2 N–H and O–H groups in total. The van der Waals surface area contributed by atoms with E-state index in [0.717, 1.165) is 5.69 Å². The van der Waals surface area contributed by atoms with E-state index in [4.69, 9.17) is 5.73 Å². The van der Waals surface area contributed by atoms with E-state index in [9.17, 15) is 9.90 Å². The first-order valence-electron chi connectivity index (χ1n) is 4.81. The highest BCUT2D eigenvalue weighted by atomic mass is 16.4. The molecule has 0 saturated carbocycles. The lowest BCUT2D eigenvalue weighted by Crippen LogP contribution is -2.43. The first kappa shape index (κ1) is 11.5. The van der Waals surface area contributed by atoms with Crippen LogP contribution in [0.3, 0.4) is 0 Å². The maximum Gasteiger partial charge on any atom is 0.134 e. The summed E-state index contributed by atoms with van der Waals surface area (Å²) in [5.41, 5.74) is 7.36. The van der Waals surface area contributed by atoms with Gasteiger partial charge in [-0.25, -0.2) is 0 Å². The molecule has 0 aromatic heterocycles. The highest BCUT2D eigenvalue weighted by molar-refractivity contribution is 5.65. The molecule has 0 atom stereocenters. The number of carbonyl (C=O) groups excluding carboxylic acids is 1. The van der Waals surface area contributed by atoms with E-state index < -0.39 is 5.97 Å². The second kappa shape index (κ2) is 4.31. The molecule has 1 aromatic rings. The van der Waals surface area contributed by atoms with E-state index in [1.807, 2.05) is 38.4 Å². The van der Waals surface area contributed by atoms with Gasteiger partial charge in [0.25, 0.3) is 0 Å². The lowest BCUT2D eigenvalue weighted by atomic mass is 10.2. The summed E-state index contributed by atoms with van der Waals surface area (Å²) in [6.07, 6.45) is 0.0435. The predicted molar refractivity (Wildman–Crippen MR) is 59.0 cm³/mol. The Kier molecular flexibility index (Phi) is 3.31. The van der Waals surface area contributed by atoms with Crippen molar-refractivity contribution in [3.05, 3.63) is 24.3 Å². The van der Waals surface area contributed by atoms with Gasteiger partial charge < -0.3 is 15.6 Å². The Morgan fingerprint density at radius 2 is 2.13 bits per heavy atom.